The van der Waals surface area contributed by atoms with E-state index < -0.39 is 11.6 Å². The average molecular weight is 345 g/mol. The summed E-state index contributed by atoms with van der Waals surface area (Å²) in [7, 11) is 0. The highest BCUT2D eigenvalue weighted by Gasteiger charge is 2.45. The molecule has 2 aromatic rings. The highest BCUT2D eigenvalue weighted by atomic mass is 19.1. The molecule has 0 heterocycles. The van der Waals surface area contributed by atoms with Gasteiger partial charge in [-0.15, -0.1) is 0 Å². The maximum Gasteiger partial charge on any atom is 0.224 e. The van der Waals surface area contributed by atoms with Crippen molar-refractivity contribution in [3.8, 4) is 5.75 Å². The van der Waals surface area contributed by atoms with Crippen molar-refractivity contribution in [1.29, 1.82) is 0 Å². The van der Waals surface area contributed by atoms with E-state index in [1.54, 1.807) is 0 Å². The zero-order valence-electron chi connectivity index (χ0n) is 14.3. The Bertz CT molecular complexity index is 761. The second-order valence-electron chi connectivity index (χ2n) is 6.35. The standard InChI is InChI=1S/C20H21F2NO2/c1-3-25-15-7-4-13(5-8-15)12(2)23-20(24)18-11-17(18)16-9-6-14(21)10-19(16)22/h4-10,12,17-18H,3,11H2,1-2H3,(H,23,24). The molecule has 1 amide bonds. The summed E-state index contributed by atoms with van der Waals surface area (Å²) in [6.07, 6.45) is 0.588. The van der Waals surface area contributed by atoms with Gasteiger partial charge in [-0.05, 0) is 55.5 Å². The monoisotopic (exact) mass is 345 g/mol. The van der Waals surface area contributed by atoms with Crippen molar-refractivity contribution in [3.05, 3.63) is 65.2 Å². The van der Waals surface area contributed by atoms with E-state index >= 15 is 0 Å². The minimum Gasteiger partial charge on any atom is -0.494 e. The molecule has 1 aliphatic carbocycles. The molecule has 0 spiro atoms. The lowest BCUT2D eigenvalue weighted by Gasteiger charge is -2.15. The van der Waals surface area contributed by atoms with E-state index in [1.165, 1.54) is 12.1 Å². The second kappa shape index (κ2) is 7.21. The minimum absolute atomic E-state index is 0.102. The van der Waals surface area contributed by atoms with Gasteiger partial charge in [0.2, 0.25) is 5.91 Å². The Morgan fingerprint density at radius 3 is 2.60 bits per heavy atom. The first-order valence-electron chi connectivity index (χ1n) is 8.47. The zero-order chi connectivity index (χ0) is 18.0. The quantitative estimate of drug-likeness (QED) is 0.845. The van der Waals surface area contributed by atoms with Crippen LogP contribution in [0.25, 0.3) is 0 Å². The number of carbonyl (C=O) groups excluding carboxylic acids is 1. The van der Waals surface area contributed by atoms with Crippen LogP contribution in [0, 0.1) is 17.6 Å². The van der Waals surface area contributed by atoms with E-state index in [0.29, 0.717) is 18.6 Å². The molecule has 0 saturated heterocycles. The van der Waals surface area contributed by atoms with Crippen LogP contribution < -0.4 is 10.1 Å². The van der Waals surface area contributed by atoms with Crippen LogP contribution in [0.2, 0.25) is 0 Å². The van der Waals surface area contributed by atoms with E-state index in [4.69, 9.17) is 4.74 Å². The molecule has 0 radical (unpaired) electrons. The van der Waals surface area contributed by atoms with Gasteiger partial charge < -0.3 is 10.1 Å². The molecule has 1 aliphatic rings. The molecule has 3 atom stereocenters. The van der Waals surface area contributed by atoms with Gasteiger partial charge >= 0.3 is 0 Å². The lowest BCUT2D eigenvalue weighted by atomic mass is 10.1. The molecule has 5 heteroatoms. The molecule has 3 nitrogen and oxygen atoms in total. The highest BCUT2D eigenvalue weighted by molar-refractivity contribution is 5.83. The number of hydrogen-bond acceptors (Lipinski definition) is 2. The number of ether oxygens (including phenoxy) is 1. The van der Waals surface area contributed by atoms with Gasteiger partial charge in [-0.1, -0.05) is 18.2 Å². The fourth-order valence-corrected chi connectivity index (χ4v) is 3.05. The summed E-state index contributed by atoms with van der Waals surface area (Å²) < 4.78 is 32.2. The number of rotatable bonds is 6. The van der Waals surface area contributed by atoms with Crippen LogP contribution in [0.15, 0.2) is 42.5 Å². The zero-order valence-corrected chi connectivity index (χ0v) is 14.3. The highest BCUT2D eigenvalue weighted by Crippen LogP contribution is 2.48. The van der Waals surface area contributed by atoms with E-state index in [9.17, 15) is 13.6 Å². The third-order valence-electron chi connectivity index (χ3n) is 4.54. The summed E-state index contributed by atoms with van der Waals surface area (Å²) in [6.45, 7) is 4.44. The van der Waals surface area contributed by atoms with Gasteiger partial charge in [-0.25, -0.2) is 8.78 Å². The smallest absolute Gasteiger partial charge is 0.224 e. The number of carbonyl (C=O) groups is 1. The summed E-state index contributed by atoms with van der Waals surface area (Å²) in [6, 6.07) is 10.9. The Morgan fingerprint density at radius 1 is 1.24 bits per heavy atom. The minimum atomic E-state index is -0.605. The van der Waals surface area contributed by atoms with Gasteiger partial charge in [0.15, 0.2) is 0 Å². The predicted octanol–water partition coefficient (Wildman–Crippen LogP) is 4.34. The second-order valence-corrected chi connectivity index (χ2v) is 6.35. The van der Waals surface area contributed by atoms with E-state index in [-0.39, 0.29) is 23.8 Å². The van der Waals surface area contributed by atoms with Gasteiger partial charge in [-0.2, -0.15) is 0 Å². The van der Waals surface area contributed by atoms with Crippen molar-refractivity contribution in [3.63, 3.8) is 0 Å². The van der Waals surface area contributed by atoms with Crippen molar-refractivity contribution < 1.29 is 18.3 Å². The number of benzene rings is 2. The Labute approximate surface area is 146 Å². The van der Waals surface area contributed by atoms with Crippen molar-refractivity contribution in [1.82, 2.24) is 5.32 Å². The van der Waals surface area contributed by atoms with Crippen molar-refractivity contribution in [2.24, 2.45) is 5.92 Å². The summed E-state index contributed by atoms with van der Waals surface area (Å²) in [4.78, 5) is 12.4. The van der Waals surface area contributed by atoms with Gasteiger partial charge in [0.05, 0.1) is 12.6 Å². The number of amides is 1. The normalized spacial score (nSPS) is 20.0. The Hall–Kier alpha value is -2.43. The third-order valence-corrected chi connectivity index (χ3v) is 4.54. The number of nitrogens with one attached hydrogen (secondary N) is 1. The lowest BCUT2D eigenvalue weighted by molar-refractivity contribution is -0.123. The van der Waals surface area contributed by atoms with Gasteiger partial charge in [0.1, 0.15) is 17.4 Å². The summed E-state index contributed by atoms with van der Waals surface area (Å²) in [5.41, 5.74) is 1.39. The van der Waals surface area contributed by atoms with Gasteiger partial charge in [0.25, 0.3) is 0 Å². The first kappa shape index (κ1) is 17.4. The Balaban J connectivity index is 1.59. The van der Waals surface area contributed by atoms with E-state index in [0.717, 1.165) is 17.4 Å². The van der Waals surface area contributed by atoms with Crippen molar-refractivity contribution in [2.75, 3.05) is 6.61 Å². The number of halogens is 2. The summed E-state index contributed by atoms with van der Waals surface area (Å²) >= 11 is 0. The lowest BCUT2D eigenvalue weighted by Crippen LogP contribution is -2.28. The first-order chi connectivity index (χ1) is 12.0. The SMILES string of the molecule is CCOc1ccc(C(C)NC(=O)C2CC2c2ccc(F)cc2F)cc1. The molecular formula is C20H21F2NO2. The average Bonchev–Trinajstić information content (AvgIpc) is 3.36. The molecule has 132 valence electrons. The van der Waals surface area contributed by atoms with Crippen LogP contribution in [-0.4, -0.2) is 12.5 Å². The fourth-order valence-electron chi connectivity index (χ4n) is 3.05. The van der Waals surface area contributed by atoms with E-state index in [2.05, 4.69) is 5.32 Å². The van der Waals surface area contributed by atoms with Gasteiger partial charge in [-0.3, -0.25) is 4.79 Å². The van der Waals surface area contributed by atoms with Crippen molar-refractivity contribution in [2.45, 2.75) is 32.2 Å². The summed E-state index contributed by atoms with van der Waals surface area (Å²) in [5, 5.41) is 2.96. The molecule has 0 aliphatic heterocycles. The van der Waals surface area contributed by atoms with Crippen LogP contribution in [0.4, 0.5) is 8.78 Å². The van der Waals surface area contributed by atoms with Gasteiger partial charge in [0, 0.05) is 12.0 Å². The molecule has 2 aromatic carbocycles. The first-order valence-corrected chi connectivity index (χ1v) is 8.47. The third kappa shape index (κ3) is 3.98. The fraction of sp³-hybridized carbons (Fsp3) is 0.350. The molecular weight excluding hydrogens is 324 g/mol. The molecule has 0 aromatic heterocycles. The predicted molar refractivity (Wildman–Crippen MR) is 91.4 cm³/mol. The molecule has 1 saturated carbocycles. The Morgan fingerprint density at radius 2 is 1.96 bits per heavy atom. The molecule has 1 fully saturated rings. The topological polar surface area (TPSA) is 38.3 Å². The number of hydrogen-bond donors (Lipinski definition) is 1. The van der Waals surface area contributed by atoms with Crippen LogP contribution in [0.3, 0.4) is 0 Å². The molecule has 3 rings (SSSR count). The van der Waals surface area contributed by atoms with Crippen LogP contribution >= 0.6 is 0 Å². The summed E-state index contributed by atoms with van der Waals surface area (Å²) in [5.74, 6) is -0.931. The van der Waals surface area contributed by atoms with Crippen LogP contribution in [0.5, 0.6) is 5.75 Å². The molecule has 1 N–H and O–H groups in total. The van der Waals surface area contributed by atoms with E-state index in [1.807, 2.05) is 38.1 Å². The maximum absolute atomic E-state index is 13.8. The molecule has 3 unspecified atom stereocenters. The molecule has 25 heavy (non-hydrogen) atoms. The maximum atomic E-state index is 13.8. The van der Waals surface area contributed by atoms with Crippen LogP contribution in [0.1, 0.15) is 43.4 Å². The largest absolute Gasteiger partial charge is 0.494 e. The Kier molecular flexibility index (Phi) is 5.02. The van der Waals surface area contributed by atoms with Crippen LogP contribution in [-0.2, 0) is 4.79 Å². The molecule has 0 bridgehead atoms. The van der Waals surface area contributed by atoms with Crippen molar-refractivity contribution >= 4 is 5.91 Å².